The lowest BCUT2D eigenvalue weighted by Gasteiger charge is -2.31. The van der Waals surface area contributed by atoms with Crippen molar-refractivity contribution in [2.75, 3.05) is 24.2 Å². The Morgan fingerprint density at radius 3 is 2.26 bits per heavy atom. The molecule has 2 aromatic carbocycles. The van der Waals surface area contributed by atoms with Crippen LogP contribution < -0.4 is 9.62 Å². The highest BCUT2D eigenvalue weighted by Gasteiger charge is 2.30. The van der Waals surface area contributed by atoms with Crippen molar-refractivity contribution in [2.24, 2.45) is 0 Å². The summed E-state index contributed by atoms with van der Waals surface area (Å²) in [6.07, 6.45) is 1.06. The Labute approximate surface area is 189 Å². The van der Waals surface area contributed by atoms with Gasteiger partial charge in [-0.3, -0.25) is 13.9 Å². The number of rotatable bonds is 8. The number of benzene rings is 2. The third-order valence-corrected chi connectivity index (χ3v) is 6.58. The van der Waals surface area contributed by atoms with E-state index in [0.29, 0.717) is 10.7 Å². The van der Waals surface area contributed by atoms with Crippen LogP contribution in [-0.4, -0.2) is 51.0 Å². The van der Waals surface area contributed by atoms with E-state index in [-0.39, 0.29) is 12.5 Å². The maximum atomic E-state index is 13.3. The zero-order chi connectivity index (χ0) is 23.3. The van der Waals surface area contributed by atoms with Gasteiger partial charge in [-0.05, 0) is 55.7 Å². The maximum absolute atomic E-state index is 13.3. The second kappa shape index (κ2) is 10.2. The van der Waals surface area contributed by atoms with Gasteiger partial charge in [0.15, 0.2) is 0 Å². The molecule has 0 aliphatic rings. The van der Waals surface area contributed by atoms with Gasteiger partial charge < -0.3 is 10.2 Å². The summed E-state index contributed by atoms with van der Waals surface area (Å²) in [4.78, 5) is 27.0. The van der Waals surface area contributed by atoms with Crippen LogP contribution in [0, 0.1) is 13.8 Å². The maximum Gasteiger partial charge on any atom is 0.244 e. The Morgan fingerprint density at radius 2 is 1.71 bits per heavy atom. The first kappa shape index (κ1) is 24.7. The number of nitrogens with one attached hydrogen (secondary N) is 1. The number of carbonyl (C=O) groups is 2. The van der Waals surface area contributed by atoms with Crippen molar-refractivity contribution in [3.63, 3.8) is 0 Å². The first-order valence-corrected chi connectivity index (χ1v) is 12.0. The standard InChI is InChI=1S/C22H28ClN3O4S/c1-15-7-6-8-20(16(15)2)26(31(5,29)30)14-21(27)25(17(3)22(28)24-4)13-18-9-11-19(23)12-10-18/h6-12,17H,13-14H2,1-5H3,(H,24,28)/t17-/m0/s1. The second-order valence-electron chi connectivity index (χ2n) is 7.43. The minimum absolute atomic E-state index is 0.134. The van der Waals surface area contributed by atoms with Crippen LogP contribution in [0.25, 0.3) is 0 Å². The van der Waals surface area contributed by atoms with E-state index in [4.69, 9.17) is 11.6 Å². The molecule has 1 N–H and O–H groups in total. The molecule has 0 spiro atoms. The third kappa shape index (κ3) is 6.21. The fraction of sp³-hybridized carbons (Fsp3) is 0.364. The molecule has 0 aliphatic heterocycles. The Hall–Kier alpha value is -2.58. The van der Waals surface area contributed by atoms with E-state index in [0.717, 1.165) is 27.3 Å². The van der Waals surface area contributed by atoms with Crippen LogP contribution >= 0.6 is 11.6 Å². The number of hydrogen-bond donors (Lipinski definition) is 1. The zero-order valence-corrected chi connectivity index (χ0v) is 19.9. The summed E-state index contributed by atoms with van der Waals surface area (Å²) in [6, 6.07) is 11.4. The predicted octanol–water partition coefficient (Wildman–Crippen LogP) is 2.89. The smallest absolute Gasteiger partial charge is 0.244 e. The van der Waals surface area contributed by atoms with E-state index < -0.39 is 28.5 Å². The highest BCUT2D eigenvalue weighted by molar-refractivity contribution is 7.92. The molecule has 0 bridgehead atoms. The van der Waals surface area contributed by atoms with Crippen LogP contribution in [0.2, 0.25) is 5.02 Å². The number of sulfonamides is 1. The van der Waals surface area contributed by atoms with Gasteiger partial charge in [-0.15, -0.1) is 0 Å². The third-order valence-electron chi connectivity index (χ3n) is 5.20. The Bertz CT molecular complexity index is 1050. The molecule has 2 rings (SSSR count). The van der Waals surface area contributed by atoms with E-state index in [1.165, 1.54) is 11.9 Å². The summed E-state index contributed by atoms with van der Waals surface area (Å²) in [5.74, 6) is -0.836. The summed E-state index contributed by atoms with van der Waals surface area (Å²) in [5.41, 5.74) is 2.89. The highest BCUT2D eigenvalue weighted by Crippen LogP contribution is 2.25. The van der Waals surface area contributed by atoms with E-state index >= 15 is 0 Å². The normalized spacial score (nSPS) is 12.2. The lowest BCUT2D eigenvalue weighted by atomic mass is 10.1. The largest absolute Gasteiger partial charge is 0.357 e. The number of hydrogen-bond acceptors (Lipinski definition) is 4. The van der Waals surface area contributed by atoms with E-state index in [2.05, 4.69) is 5.32 Å². The van der Waals surface area contributed by atoms with E-state index in [1.807, 2.05) is 19.9 Å². The first-order valence-electron chi connectivity index (χ1n) is 9.75. The molecule has 0 aromatic heterocycles. The minimum Gasteiger partial charge on any atom is -0.357 e. The van der Waals surface area contributed by atoms with E-state index in [9.17, 15) is 18.0 Å². The molecule has 31 heavy (non-hydrogen) atoms. The summed E-state index contributed by atoms with van der Waals surface area (Å²) >= 11 is 5.94. The Kier molecular flexibility index (Phi) is 8.08. The van der Waals surface area contributed by atoms with Crippen molar-refractivity contribution in [1.29, 1.82) is 0 Å². The molecule has 9 heteroatoms. The van der Waals surface area contributed by atoms with Crippen LogP contribution in [0.3, 0.4) is 0 Å². The fourth-order valence-corrected chi connectivity index (χ4v) is 4.20. The summed E-state index contributed by atoms with van der Waals surface area (Å²) in [5, 5.41) is 3.10. The van der Waals surface area contributed by atoms with Gasteiger partial charge in [0.2, 0.25) is 21.8 Å². The van der Waals surface area contributed by atoms with Crippen molar-refractivity contribution >= 4 is 39.1 Å². The average molecular weight is 466 g/mol. The van der Waals surface area contributed by atoms with Crippen LogP contribution in [0.15, 0.2) is 42.5 Å². The first-order chi connectivity index (χ1) is 14.5. The molecule has 168 valence electrons. The lowest BCUT2D eigenvalue weighted by Crippen LogP contribution is -2.50. The molecule has 0 saturated heterocycles. The Morgan fingerprint density at radius 1 is 1.10 bits per heavy atom. The summed E-state index contributed by atoms with van der Waals surface area (Å²) < 4.78 is 26.2. The molecule has 0 radical (unpaired) electrons. The zero-order valence-electron chi connectivity index (χ0n) is 18.3. The van der Waals surface area contributed by atoms with Crippen molar-refractivity contribution in [1.82, 2.24) is 10.2 Å². The van der Waals surface area contributed by atoms with Gasteiger partial charge in [0.25, 0.3) is 0 Å². The second-order valence-corrected chi connectivity index (χ2v) is 9.77. The molecule has 2 amide bonds. The Balaban J connectivity index is 2.42. The summed E-state index contributed by atoms with van der Waals surface area (Å²) in [7, 11) is -2.26. The number of carbonyl (C=O) groups excluding carboxylic acids is 2. The van der Waals surface area contributed by atoms with Gasteiger partial charge in [-0.2, -0.15) is 0 Å². The van der Waals surface area contributed by atoms with Gasteiger partial charge >= 0.3 is 0 Å². The van der Waals surface area contributed by atoms with Crippen molar-refractivity contribution in [3.8, 4) is 0 Å². The molecule has 0 unspecified atom stereocenters. The van der Waals surface area contributed by atoms with Crippen molar-refractivity contribution < 1.29 is 18.0 Å². The molecule has 2 aromatic rings. The molecular weight excluding hydrogens is 438 g/mol. The van der Waals surface area contributed by atoms with Gasteiger partial charge in [0, 0.05) is 18.6 Å². The topological polar surface area (TPSA) is 86.8 Å². The van der Waals surface area contributed by atoms with Gasteiger partial charge in [0.1, 0.15) is 12.6 Å². The minimum atomic E-state index is -3.75. The van der Waals surface area contributed by atoms with E-state index in [1.54, 1.807) is 43.3 Å². The molecule has 0 fully saturated rings. The van der Waals surface area contributed by atoms with Gasteiger partial charge in [-0.1, -0.05) is 35.9 Å². The van der Waals surface area contributed by atoms with Crippen LogP contribution in [-0.2, 0) is 26.2 Å². The molecule has 0 saturated carbocycles. The SMILES string of the molecule is CNC(=O)[C@H](C)N(Cc1ccc(Cl)cc1)C(=O)CN(c1cccc(C)c1C)S(C)(=O)=O. The van der Waals surface area contributed by atoms with Crippen LogP contribution in [0.4, 0.5) is 5.69 Å². The molecule has 0 heterocycles. The van der Waals surface area contributed by atoms with Crippen LogP contribution in [0.1, 0.15) is 23.6 Å². The molecule has 0 aliphatic carbocycles. The molecule has 1 atom stereocenters. The molecular formula is C22H28ClN3O4S. The van der Waals surface area contributed by atoms with Crippen molar-refractivity contribution in [3.05, 3.63) is 64.2 Å². The predicted molar refractivity (Wildman–Crippen MR) is 124 cm³/mol. The number of aryl methyl sites for hydroxylation is 1. The number of anilines is 1. The number of halogens is 1. The van der Waals surface area contributed by atoms with Crippen molar-refractivity contribution in [2.45, 2.75) is 33.4 Å². The lowest BCUT2D eigenvalue weighted by molar-refractivity contribution is -0.139. The monoisotopic (exact) mass is 465 g/mol. The molecule has 7 nitrogen and oxygen atoms in total. The highest BCUT2D eigenvalue weighted by atomic mass is 35.5. The average Bonchev–Trinajstić information content (AvgIpc) is 2.71. The number of nitrogens with zero attached hydrogens (tertiary/aromatic N) is 2. The van der Waals surface area contributed by atoms with Gasteiger partial charge in [0.05, 0.1) is 11.9 Å². The number of likely N-dealkylation sites (N-methyl/N-ethyl adjacent to an activating group) is 1. The fourth-order valence-electron chi connectivity index (χ4n) is 3.18. The quantitative estimate of drug-likeness (QED) is 0.649. The summed E-state index contributed by atoms with van der Waals surface area (Å²) in [6.45, 7) is 5.01. The van der Waals surface area contributed by atoms with Crippen LogP contribution in [0.5, 0.6) is 0 Å². The number of amides is 2. The van der Waals surface area contributed by atoms with Gasteiger partial charge in [-0.25, -0.2) is 8.42 Å².